The molecule has 0 saturated carbocycles. The van der Waals surface area contributed by atoms with E-state index in [-0.39, 0.29) is 17.1 Å². The Hall–Kier alpha value is -3.65. The zero-order valence-corrected chi connectivity index (χ0v) is 18.5. The van der Waals surface area contributed by atoms with Gasteiger partial charge in [0.15, 0.2) is 6.10 Å². The highest BCUT2D eigenvalue weighted by Gasteiger charge is 2.28. The summed E-state index contributed by atoms with van der Waals surface area (Å²) in [5, 5.41) is 1.80. The minimum absolute atomic E-state index is 0.0912. The van der Waals surface area contributed by atoms with Crippen molar-refractivity contribution in [1.29, 1.82) is 0 Å². The molecule has 0 heterocycles. The molecule has 0 fully saturated rings. The number of carbonyl (C=O) groups is 2. The lowest BCUT2D eigenvalue weighted by Gasteiger charge is -2.20. The number of esters is 1. The predicted molar refractivity (Wildman–Crippen MR) is 120 cm³/mol. The van der Waals surface area contributed by atoms with Crippen LogP contribution in [0, 0.1) is 6.92 Å². The molecule has 7 nitrogen and oxygen atoms in total. The van der Waals surface area contributed by atoms with Crippen molar-refractivity contribution in [1.82, 2.24) is 4.72 Å². The van der Waals surface area contributed by atoms with Crippen LogP contribution in [-0.4, -0.2) is 27.1 Å². The second-order valence-corrected chi connectivity index (χ2v) is 8.74. The predicted octanol–water partition coefficient (Wildman–Crippen LogP) is 4.42. The number of rotatable bonds is 7. The first kappa shape index (κ1) is 23.0. The van der Waals surface area contributed by atoms with E-state index < -0.39 is 28.2 Å². The second kappa shape index (κ2) is 9.65. The molecule has 0 bridgehead atoms. The van der Waals surface area contributed by atoms with Gasteiger partial charge in [-0.05, 0) is 48.4 Å². The highest BCUT2D eigenvalue weighted by molar-refractivity contribution is 7.90. The molecule has 0 aromatic heterocycles. The molecule has 3 aromatic carbocycles. The average molecular weight is 454 g/mol. The van der Waals surface area contributed by atoms with E-state index in [0.717, 1.165) is 16.3 Å². The van der Waals surface area contributed by atoms with Gasteiger partial charge in [0.25, 0.3) is 10.0 Å². The zero-order chi connectivity index (χ0) is 23.3. The molecule has 0 aliphatic carbocycles. The summed E-state index contributed by atoms with van der Waals surface area (Å²) in [7, 11) is -4.17. The maximum atomic E-state index is 12.5. The lowest BCUT2D eigenvalue weighted by molar-refractivity contribution is -0.139. The van der Waals surface area contributed by atoms with Crippen molar-refractivity contribution < 1.29 is 27.5 Å². The molecule has 3 aromatic rings. The standard InChI is InChI=1S/C24H23NO6S/c1-4-30-23(26)17(3)22(20-12-11-18-7-5-6-8-19(18)15-20)31-24(27)25-32(28,29)21-13-9-16(2)10-14-21/h5-15,22H,3-4H2,1-2H3,(H,25,27). The van der Waals surface area contributed by atoms with Gasteiger partial charge in [-0.1, -0.05) is 60.7 Å². The van der Waals surface area contributed by atoms with Crippen LogP contribution in [0.4, 0.5) is 4.79 Å². The first-order valence-electron chi connectivity index (χ1n) is 9.86. The Morgan fingerprint density at radius 3 is 2.31 bits per heavy atom. The van der Waals surface area contributed by atoms with Gasteiger partial charge in [0.05, 0.1) is 17.1 Å². The average Bonchev–Trinajstić information content (AvgIpc) is 2.77. The summed E-state index contributed by atoms with van der Waals surface area (Å²) in [5.74, 6) is -0.750. The van der Waals surface area contributed by atoms with E-state index in [1.54, 1.807) is 37.3 Å². The fourth-order valence-electron chi connectivity index (χ4n) is 3.06. The molecule has 8 heteroatoms. The van der Waals surface area contributed by atoms with Crippen LogP contribution in [-0.2, 0) is 24.3 Å². The molecule has 166 valence electrons. The summed E-state index contributed by atoms with van der Waals surface area (Å²) < 4.78 is 37.3. The highest BCUT2D eigenvalue weighted by atomic mass is 32.2. The van der Waals surface area contributed by atoms with Gasteiger partial charge in [0.1, 0.15) is 0 Å². The van der Waals surface area contributed by atoms with Crippen LogP contribution in [0.15, 0.2) is 83.8 Å². The summed E-state index contributed by atoms with van der Waals surface area (Å²) in [5.41, 5.74) is 1.18. The number of hydrogen-bond acceptors (Lipinski definition) is 6. The van der Waals surface area contributed by atoms with E-state index in [0.29, 0.717) is 5.56 Å². The van der Waals surface area contributed by atoms with Crippen LogP contribution in [0.2, 0.25) is 0 Å². The first-order valence-corrected chi connectivity index (χ1v) is 11.3. The third-order valence-electron chi connectivity index (χ3n) is 4.70. The van der Waals surface area contributed by atoms with Crippen molar-refractivity contribution in [3.05, 3.63) is 90.0 Å². The SMILES string of the molecule is C=C(C(=O)OCC)C(OC(=O)NS(=O)(=O)c1ccc(C)cc1)c1ccc2ccccc2c1. The van der Waals surface area contributed by atoms with Crippen LogP contribution in [0.1, 0.15) is 24.2 Å². The molecule has 0 aliphatic rings. The zero-order valence-electron chi connectivity index (χ0n) is 17.7. The van der Waals surface area contributed by atoms with Gasteiger partial charge < -0.3 is 9.47 Å². The first-order chi connectivity index (χ1) is 15.2. The fourth-order valence-corrected chi connectivity index (χ4v) is 3.94. The minimum Gasteiger partial charge on any atom is -0.463 e. The van der Waals surface area contributed by atoms with Gasteiger partial charge in [-0.25, -0.2) is 22.7 Å². The maximum absolute atomic E-state index is 12.5. The number of fused-ring (bicyclic) bond motifs is 1. The van der Waals surface area contributed by atoms with Gasteiger partial charge >= 0.3 is 12.1 Å². The molecule has 1 N–H and O–H groups in total. The molecule has 1 atom stereocenters. The number of nitrogens with one attached hydrogen (secondary N) is 1. The Labute approximate surface area is 186 Å². The van der Waals surface area contributed by atoms with Gasteiger partial charge in [0, 0.05) is 0 Å². The van der Waals surface area contributed by atoms with Crippen LogP contribution in [0.3, 0.4) is 0 Å². The van der Waals surface area contributed by atoms with E-state index in [2.05, 4.69) is 6.58 Å². The Kier molecular flexibility index (Phi) is 6.95. The largest absolute Gasteiger partial charge is 0.463 e. The van der Waals surface area contributed by atoms with E-state index >= 15 is 0 Å². The van der Waals surface area contributed by atoms with E-state index in [1.807, 2.05) is 35.9 Å². The molecule has 1 amide bonds. The van der Waals surface area contributed by atoms with Crippen LogP contribution in [0.5, 0.6) is 0 Å². The van der Waals surface area contributed by atoms with Crippen molar-refractivity contribution in [2.75, 3.05) is 6.61 Å². The third-order valence-corrected chi connectivity index (χ3v) is 6.03. The second-order valence-electron chi connectivity index (χ2n) is 7.06. The Bertz CT molecular complexity index is 1270. The van der Waals surface area contributed by atoms with Crippen molar-refractivity contribution in [3.8, 4) is 0 Å². The molecule has 32 heavy (non-hydrogen) atoms. The number of aryl methyl sites for hydroxylation is 1. The normalized spacial score (nSPS) is 12.1. The number of benzene rings is 3. The van der Waals surface area contributed by atoms with Gasteiger partial charge in [0.2, 0.25) is 0 Å². The topological polar surface area (TPSA) is 98.8 Å². The van der Waals surface area contributed by atoms with Gasteiger partial charge in [-0.3, -0.25) is 0 Å². The third kappa shape index (κ3) is 5.33. The molecule has 0 aliphatic heterocycles. The smallest absolute Gasteiger partial charge is 0.422 e. The van der Waals surface area contributed by atoms with Crippen molar-refractivity contribution in [3.63, 3.8) is 0 Å². The molecular formula is C24H23NO6S. The highest BCUT2D eigenvalue weighted by Crippen LogP contribution is 2.29. The number of carbonyl (C=O) groups excluding carboxylic acids is 2. The molecule has 1 unspecified atom stereocenters. The van der Waals surface area contributed by atoms with Crippen LogP contribution >= 0.6 is 0 Å². The molecule has 0 radical (unpaired) electrons. The van der Waals surface area contributed by atoms with Gasteiger partial charge in [-0.15, -0.1) is 0 Å². The van der Waals surface area contributed by atoms with Crippen LogP contribution < -0.4 is 4.72 Å². The molecule has 0 saturated heterocycles. The van der Waals surface area contributed by atoms with Crippen LogP contribution in [0.25, 0.3) is 10.8 Å². The quantitative estimate of drug-likeness (QED) is 0.420. The maximum Gasteiger partial charge on any atom is 0.422 e. The number of sulfonamides is 1. The summed E-state index contributed by atoms with van der Waals surface area (Å²) >= 11 is 0. The molecule has 3 rings (SSSR count). The van der Waals surface area contributed by atoms with E-state index in [4.69, 9.17) is 9.47 Å². The van der Waals surface area contributed by atoms with Crippen molar-refractivity contribution >= 4 is 32.9 Å². The monoisotopic (exact) mass is 453 g/mol. The van der Waals surface area contributed by atoms with Gasteiger partial charge in [-0.2, -0.15) is 0 Å². The summed E-state index contributed by atoms with van der Waals surface area (Å²) in [6, 6.07) is 18.7. The number of hydrogen-bond donors (Lipinski definition) is 1. The Morgan fingerprint density at radius 2 is 1.66 bits per heavy atom. The minimum atomic E-state index is -4.17. The van der Waals surface area contributed by atoms with Crippen molar-refractivity contribution in [2.24, 2.45) is 0 Å². The summed E-state index contributed by atoms with van der Waals surface area (Å²) in [6.45, 7) is 7.28. The summed E-state index contributed by atoms with van der Waals surface area (Å²) in [6.07, 6.45) is -2.49. The molecule has 0 spiro atoms. The summed E-state index contributed by atoms with van der Waals surface area (Å²) in [4.78, 5) is 24.7. The Morgan fingerprint density at radius 1 is 1.00 bits per heavy atom. The fraction of sp³-hybridized carbons (Fsp3) is 0.167. The van der Waals surface area contributed by atoms with E-state index in [9.17, 15) is 18.0 Å². The number of ether oxygens (including phenoxy) is 2. The van der Waals surface area contributed by atoms with E-state index in [1.165, 1.54) is 12.1 Å². The number of amides is 1. The lowest BCUT2D eigenvalue weighted by Crippen LogP contribution is -2.33. The Balaban J connectivity index is 1.89. The van der Waals surface area contributed by atoms with Crippen molar-refractivity contribution in [2.45, 2.75) is 24.8 Å². The molecular weight excluding hydrogens is 430 g/mol. The lowest BCUT2D eigenvalue weighted by atomic mass is 9.99.